The van der Waals surface area contributed by atoms with Crippen molar-refractivity contribution in [2.24, 2.45) is 0 Å². The number of aromatic nitrogens is 4. The number of ether oxygens (including phenoxy) is 1. The molecule has 0 aromatic carbocycles. The first-order chi connectivity index (χ1) is 11.4. The topological polar surface area (TPSA) is 114 Å². The van der Waals surface area contributed by atoms with Gasteiger partial charge in [-0.2, -0.15) is 0 Å². The molecule has 2 aromatic heterocycles. The van der Waals surface area contributed by atoms with Gasteiger partial charge in [-0.1, -0.05) is 11.8 Å². The van der Waals surface area contributed by atoms with Gasteiger partial charge < -0.3 is 20.1 Å². The lowest BCUT2D eigenvalue weighted by Gasteiger charge is -2.26. The number of aliphatic hydroxyl groups is 3. The fraction of sp³-hybridized carbons (Fsp3) is 0.533. The van der Waals surface area contributed by atoms with Crippen LogP contribution in [0.2, 0.25) is 0 Å². The highest BCUT2D eigenvalue weighted by Gasteiger charge is 2.57. The summed E-state index contributed by atoms with van der Waals surface area (Å²) in [6.45, 7) is 2.11. The standard InChI is InChI=1S/C15H17FN4O4/c1-8(21)11-12(22)15(23,4-3-5-16)14(24-11)20-7-18-10-6-17-9(2)19-13(10)20/h6-8,11-12,14,21-23H,5H2,1-2H3/t8-,11-,12+,14-,15?/m1/s1. The van der Waals surface area contributed by atoms with Crippen LogP contribution in [0.15, 0.2) is 12.5 Å². The van der Waals surface area contributed by atoms with Crippen LogP contribution in [0.3, 0.4) is 0 Å². The number of imidazole rings is 1. The molecule has 1 fully saturated rings. The Bertz CT molecular complexity index is 815. The van der Waals surface area contributed by atoms with Crippen molar-refractivity contribution in [3.63, 3.8) is 0 Å². The zero-order chi connectivity index (χ0) is 17.5. The Morgan fingerprint density at radius 2 is 2.25 bits per heavy atom. The Morgan fingerprint density at radius 1 is 1.50 bits per heavy atom. The van der Waals surface area contributed by atoms with Gasteiger partial charge in [0.05, 0.1) is 18.6 Å². The van der Waals surface area contributed by atoms with Crippen LogP contribution in [-0.2, 0) is 4.74 Å². The van der Waals surface area contributed by atoms with Gasteiger partial charge in [0.1, 0.15) is 30.2 Å². The number of halogens is 1. The molecule has 0 amide bonds. The predicted octanol–water partition coefficient (Wildman–Crippen LogP) is -0.522. The second kappa shape index (κ2) is 6.07. The lowest BCUT2D eigenvalue weighted by Crippen LogP contribution is -2.47. The number of hydrogen-bond acceptors (Lipinski definition) is 7. The molecule has 24 heavy (non-hydrogen) atoms. The van der Waals surface area contributed by atoms with E-state index in [9.17, 15) is 19.7 Å². The molecule has 3 rings (SSSR count). The maximum atomic E-state index is 12.5. The average Bonchev–Trinajstić information content (AvgIpc) is 3.05. The maximum absolute atomic E-state index is 12.5. The van der Waals surface area contributed by atoms with Crippen molar-refractivity contribution in [2.75, 3.05) is 6.67 Å². The van der Waals surface area contributed by atoms with Gasteiger partial charge in [-0.3, -0.25) is 4.57 Å². The molecule has 0 saturated carbocycles. The highest BCUT2D eigenvalue weighted by Crippen LogP contribution is 2.40. The zero-order valence-electron chi connectivity index (χ0n) is 13.1. The molecule has 0 aliphatic carbocycles. The number of hydrogen-bond donors (Lipinski definition) is 3. The molecule has 1 unspecified atom stereocenters. The lowest BCUT2D eigenvalue weighted by atomic mass is 9.93. The Balaban J connectivity index is 2.13. The predicted molar refractivity (Wildman–Crippen MR) is 80.4 cm³/mol. The van der Waals surface area contributed by atoms with Gasteiger partial charge in [-0.15, -0.1) is 0 Å². The molecule has 0 bridgehead atoms. The summed E-state index contributed by atoms with van der Waals surface area (Å²) in [5.41, 5.74) is -1.30. The molecular formula is C15H17FN4O4. The summed E-state index contributed by atoms with van der Waals surface area (Å²) in [5.74, 6) is 4.91. The summed E-state index contributed by atoms with van der Waals surface area (Å²) in [5, 5.41) is 31.0. The third-order valence-corrected chi connectivity index (χ3v) is 3.94. The van der Waals surface area contributed by atoms with Crippen LogP contribution in [0.5, 0.6) is 0 Å². The van der Waals surface area contributed by atoms with Crippen molar-refractivity contribution in [2.45, 2.75) is 44.0 Å². The number of fused-ring (bicyclic) bond motifs is 1. The van der Waals surface area contributed by atoms with E-state index in [-0.39, 0.29) is 0 Å². The zero-order valence-corrected chi connectivity index (χ0v) is 13.1. The summed E-state index contributed by atoms with van der Waals surface area (Å²) >= 11 is 0. The van der Waals surface area contributed by atoms with E-state index in [1.165, 1.54) is 24.0 Å². The van der Waals surface area contributed by atoms with Crippen LogP contribution in [-0.4, -0.2) is 65.4 Å². The first-order valence-corrected chi connectivity index (χ1v) is 7.34. The van der Waals surface area contributed by atoms with Crippen LogP contribution in [0.25, 0.3) is 11.2 Å². The molecule has 8 nitrogen and oxygen atoms in total. The van der Waals surface area contributed by atoms with Gasteiger partial charge in [0.25, 0.3) is 0 Å². The van der Waals surface area contributed by atoms with Gasteiger partial charge in [0.15, 0.2) is 17.5 Å². The summed E-state index contributed by atoms with van der Waals surface area (Å²) in [7, 11) is 0. The number of alkyl halides is 1. The van der Waals surface area contributed by atoms with Crippen LogP contribution >= 0.6 is 0 Å². The second-order valence-electron chi connectivity index (χ2n) is 5.68. The van der Waals surface area contributed by atoms with Crippen molar-refractivity contribution in [3.8, 4) is 11.8 Å². The number of rotatable bonds is 2. The maximum Gasteiger partial charge on any atom is 0.199 e. The minimum atomic E-state index is -2.12. The molecule has 3 heterocycles. The smallest absolute Gasteiger partial charge is 0.199 e. The quantitative estimate of drug-likeness (QED) is 0.632. The summed E-state index contributed by atoms with van der Waals surface area (Å²) in [6, 6.07) is 0. The van der Waals surface area contributed by atoms with Crippen molar-refractivity contribution < 1.29 is 24.4 Å². The van der Waals surface area contributed by atoms with Gasteiger partial charge >= 0.3 is 0 Å². The highest BCUT2D eigenvalue weighted by atomic mass is 19.1. The molecule has 2 aromatic rings. The van der Waals surface area contributed by atoms with E-state index in [0.717, 1.165) is 0 Å². The SMILES string of the molecule is Cc1ncc2ncn([C@@H]3O[C@H]([C@@H](C)O)[C@H](O)C3(O)C#CCF)c2n1. The third kappa shape index (κ3) is 2.53. The largest absolute Gasteiger partial charge is 0.391 e. The molecule has 3 N–H and O–H groups in total. The Hall–Kier alpha value is -2.12. The van der Waals surface area contributed by atoms with E-state index < -0.39 is 36.8 Å². The van der Waals surface area contributed by atoms with E-state index in [1.54, 1.807) is 6.92 Å². The molecule has 1 saturated heterocycles. The first kappa shape index (κ1) is 16.7. The number of nitrogens with zero attached hydrogens (tertiary/aromatic N) is 4. The van der Waals surface area contributed by atoms with Crippen LogP contribution in [0, 0.1) is 18.8 Å². The molecule has 0 radical (unpaired) electrons. The minimum absolute atomic E-state index is 0.367. The van der Waals surface area contributed by atoms with E-state index in [0.29, 0.717) is 17.0 Å². The third-order valence-electron chi connectivity index (χ3n) is 3.94. The fourth-order valence-electron chi connectivity index (χ4n) is 2.77. The highest BCUT2D eigenvalue weighted by molar-refractivity contribution is 5.69. The average molecular weight is 336 g/mol. The summed E-state index contributed by atoms with van der Waals surface area (Å²) < 4.78 is 19.5. The molecule has 1 aliphatic rings. The minimum Gasteiger partial charge on any atom is -0.391 e. The van der Waals surface area contributed by atoms with Gasteiger partial charge in [0, 0.05) is 0 Å². The Labute approximate surface area is 136 Å². The number of aliphatic hydroxyl groups excluding tert-OH is 2. The molecule has 1 aliphatic heterocycles. The molecular weight excluding hydrogens is 319 g/mol. The fourth-order valence-corrected chi connectivity index (χ4v) is 2.77. The molecule has 0 spiro atoms. The van der Waals surface area contributed by atoms with Crippen molar-refractivity contribution in [1.82, 2.24) is 19.5 Å². The Morgan fingerprint density at radius 3 is 2.92 bits per heavy atom. The molecule has 9 heteroatoms. The van der Waals surface area contributed by atoms with Crippen molar-refractivity contribution in [3.05, 3.63) is 18.3 Å². The van der Waals surface area contributed by atoms with E-state index in [1.807, 2.05) is 0 Å². The molecule has 128 valence electrons. The second-order valence-corrected chi connectivity index (χ2v) is 5.68. The van der Waals surface area contributed by atoms with Crippen LogP contribution in [0.4, 0.5) is 4.39 Å². The van der Waals surface area contributed by atoms with Gasteiger partial charge in [-0.05, 0) is 13.8 Å². The van der Waals surface area contributed by atoms with E-state index in [2.05, 4.69) is 26.8 Å². The molecule has 5 atom stereocenters. The first-order valence-electron chi connectivity index (χ1n) is 7.34. The van der Waals surface area contributed by atoms with Crippen molar-refractivity contribution in [1.29, 1.82) is 0 Å². The summed E-state index contributed by atoms with van der Waals surface area (Å²) in [6.07, 6.45) is -2.06. The lowest BCUT2D eigenvalue weighted by molar-refractivity contribution is -0.0847. The monoisotopic (exact) mass is 336 g/mol. The normalized spacial score (nSPS) is 31.0. The Kier molecular flexibility index (Phi) is 4.23. The number of aryl methyl sites for hydroxylation is 1. The van der Waals surface area contributed by atoms with Crippen LogP contribution < -0.4 is 0 Å². The summed E-state index contributed by atoms with van der Waals surface area (Å²) in [4.78, 5) is 12.4. The van der Waals surface area contributed by atoms with Gasteiger partial charge in [-0.25, -0.2) is 19.3 Å². The van der Waals surface area contributed by atoms with Crippen LogP contribution in [0.1, 0.15) is 19.0 Å². The van der Waals surface area contributed by atoms with E-state index in [4.69, 9.17) is 4.74 Å². The van der Waals surface area contributed by atoms with E-state index >= 15 is 0 Å². The van der Waals surface area contributed by atoms with Crippen molar-refractivity contribution >= 4 is 11.2 Å². The van der Waals surface area contributed by atoms with Gasteiger partial charge in [0.2, 0.25) is 0 Å².